The number of carbonyl (C=O) groups excluding carboxylic acids is 1. The summed E-state index contributed by atoms with van der Waals surface area (Å²) in [7, 11) is 0. The lowest BCUT2D eigenvalue weighted by atomic mass is 9.80. The van der Waals surface area contributed by atoms with Gasteiger partial charge in [-0.25, -0.2) is 4.79 Å². The fourth-order valence-corrected chi connectivity index (χ4v) is 2.30. The van der Waals surface area contributed by atoms with E-state index in [2.05, 4.69) is 21.2 Å². The minimum absolute atomic E-state index is 0.166. The molecule has 1 fully saturated rings. The second kappa shape index (κ2) is 4.22. The van der Waals surface area contributed by atoms with E-state index < -0.39 is 6.09 Å². The van der Waals surface area contributed by atoms with Crippen molar-refractivity contribution in [3.63, 3.8) is 0 Å². The molecule has 0 saturated carbocycles. The molecule has 0 aromatic heterocycles. The summed E-state index contributed by atoms with van der Waals surface area (Å²) in [4.78, 5) is 11.3. The molecule has 1 heterocycles. The Morgan fingerprint density at radius 3 is 2.88 bits per heavy atom. The number of hydrogen-bond acceptors (Lipinski definition) is 3. The monoisotopic (exact) mass is 299 g/mol. The summed E-state index contributed by atoms with van der Waals surface area (Å²) in [6.45, 7) is 4.30. The fourth-order valence-electron chi connectivity index (χ4n) is 1.95. The van der Waals surface area contributed by atoms with Gasteiger partial charge in [0, 0.05) is 15.5 Å². The van der Waals surface area contributed by atoms with E-state index in [9.17, 15) is 9.90 Å². The first-order chi connectivity index (χ1) is 7.90. The molecule has 17 heavy (non-hydrogen) atoms. The molecule has 0 radical (unpaired) electrons. The molecule has 1 saturated heterocycles. The van der Waals surface area contributed by atoms with Crippen LogP contribution in [0.1, 0.15) is 25.5 Å². The molecule has 1 aromatic carbocycles. The van der Waals surface area contributed by atoms with Crippen molar-refractivity contribution in [3.05, 3.63) is 28.2 Å². The molecule has 0 bridgehead atoms. The summed E-state index contributed by atoms with van der Waals surface area (Å²) in [6, 6.07) is 5.01. The number of benzene rings is 1. The molecule has 0 aliphatic carbocycles. The lowest BCUT2D eigenvalue weighted by molar-refractivity contribution is 0.0381. The molecule has 5 heteroatoms. The molecule has 0 spiro atoms. The summed E-state index contributed by atoms with van der Waals surface area (Å²) < 4.78 is 5.77. The van der Waals surface area contributed by atoms with Gasteiger partial charge >= 0.3 is 6.09 Å². The van der Waals surface area contributed by atoms with Crippen LogP contribution < -0.4 is 5.32 Å². The van der Waals surface area contributed by atoms with Crippen LogP contribution in [-0.2, 0) is 4.74 Å². The van der Waals surface area contributed by atoms with Crippen molar-refractivity contribution in [1.29, 1.82) is 0 Å². The molecule has 1 atom stereocenters. The number of carbonyl (C=O) groups is 1. The van der Waals surface area contributed by atoms with Gasteiger partial charge in [0.15, 0.2) is 0 Å². The van der Waals surface area contributed by atoms with Crippen LogP contribution >= 0.6 is 15.9 Å². The van der Waals surface area contributed by atoms with Gasteiger partial charge in [-0.2, -0.15) is 0 Å². The highest BCUT2D eigenvalue weighted by atomic mass is 79.9. The number of phenols is 1. The Hall–Kier alpha value is -1.23. The van der Waals surface area contributed by atoms with Crippen LogP contribution in [0.3, 0.4) is 0 Å². The number of rotatable bonds is 1. The number of cyclic esters (lactones) is 1. The third kappa shape index (κ3) is 2.39. The van der Waals surface area contributed by atoms with E-state index in [1.165, 1.54) is 0 Å². The molecule has 2 rings (SSSR count). The number of hydrogen-bond donors (Lipinski definition) is 2. The van der Waals surface area contributed by atoms with Crippen molar-refractivity contribution in [3.8, 4) is 5.75 Å². The van der Waals surface area contributed by atoms with Crippen LogP contribution in [0.2, 0.25) is 0 Å². The zero-order valence-electron chi connectivity index (χ0n) is 9.66. The molecule has 1 aliphatic heterocycles. The topological polar surface area (TPSA) is 58.6 Å². The zero-order chi connectivity index (χ0) is 12.6. The normalized spacial score (nSPS) is 22.8. The van der Waals surface area contributed by atoms with Gasteiger partial charge < -0.3 is 15.2 Å². The Labute approximate surface area is 108 Å². The number of alkyl carbamates (subject to hydrolysis) is 1. The highest BCUT2D eigenvalue weighted by Crippen LogP contribution is 2.40. The average Bonchev–Trinajstić information content (AvgIpc) is 2.23. The summed E-state index contributed by atoms with van der Waals surface area (Å²) in [5.74, 6) is 0.166. The molecule has 1 aromatic rings. The third-order valence-corrected chi connectivity index (χ3v) is 3.42. The van der Waals surface area contributed by atoms with Gasteiger partial charge in [0.25, 0.3) is 0 Å². The van der Waals surface area contributed by atoms with Crippen molar-refractivity contribution in [2.24, 2.45) is 5.41 Å². The van der Waals surface area contributed by atoms with Gasteiger partial charge in [0.05, 0.1) is 6.04 Å². The smallest absolute Gasteiger partial charge is 0.407 e. The van der Waals surface area contributed by atoms with Gasteiger partial charge in [0.2, 0.25) is 0 Å². The van der Waals surface area contributed by atoms with Gasteiger partial charge in [-0.15, -0.1) is 0 Å². The first-order valence-electron chi connectivity index (χ1n) is 5.32. The van der Waals surface area contributed by atoms with E-state index in [1.54, 1.807) is 12.1 Å². The average molecular weight is 300 g/mol. The van der Waals surface area contributed by atoms with Gasteiger partial charge in [0.1, 0.15) is 12.4 Å². The Balaban J connectivity index is 2.39. The summed E-state index contributed by atoms with van der Waals surface area (Å²) >= 11 is 3.29. The molecule has 0 unspecified atom stereocenters. The molecule has 92 valence electrons. The van der Waals surface area contributed by atoms with Gasteiger partial charge in [-0.3, -0.25) is 0 Å². The number of phenolic OH excluding ortho intramolecular Hbond substituents is 1. The lowest BCUT2D eigenvalue weighted by Gasteiger charge is -2.38. The Bertz CT molecular complexity index is 459. The highest BCUT2D eigenvalue weighted by Gasteiger charge is 2.39. The Morgan fingerprint density at radius 2 is 2.24 bits per heavy atom. The largest absolute Gasteiger partial charge is 0.508 e. The standard InChI is InChI=1S/C12H14BrNO3/c1-12(2)6-17-11(16)14-10(12)8-4-3-7(13)5-9(8)15/h3-5,10,15H,6H2,1-2H3,(H,14,16)/t10-/m0/s1. The number of halogens is 1. The Morgan fingerprint density at radius 1 is 1.53 bits per heavy atom. The molecular formula is C12H14BrNO3. The van der Waals surface area contributed by atoms with Crippen molar-refractivity contribution in [2.75, 3.05) is 6.61 Å². The second-order valence-electron chi connectivity index (χ2n) is 4.85. The maximum atomic E-state index is 11.3. The van der Waals surface area contributed by atoms with Crippen LogP contribution in [0, 0.1) is 5.41 Å². The predicted octanol–water partition coefficient (Wildman–Crippen LogP) is 2.96. The molecule has 1 amide bonds. The SMILES string of the molecule is CC1(C)COC(=O)N[C@H]1c1ccc(Br)cc1O. The van der Waals surface area contributed by atoms with E-state index in [0.717, 1.165) is 4.47 Å². The van der Waals surface area contributed by atoms with Crippen molar-refractivity contribution < 1.29 is 14.6 Å². The third-order valence-electron chi connectivity index (χ3n) is 2.92. The minimum Gasteiger partial charge on any atom is -0.508 e. The maximum Gasteiger partial charge on any atom is 0.407 e. The highest BCUT2D eigenvalue weighted by molar-refractivity contribution is 9.10. The number of nitrogens with one attached hydrogen (secondary N) is 1. The number of amides is 1. The van der Waals surface area contributed by atoms with E-state index in [4.69, 9.17) is 4.74 Å². The second-order valence-corrected chi connectivity index (χ2v) is 5.76. The van der Waals surface area contributed by atoms with Gasteiger partial charge in [-0.05, 0) is 12.1 Å². The van der Waals surface area contributed by atoms with Gasteiger partial charge in [-0.1, -0.05) is 35.8 Å². The summed E-state index contributed by atoms with van der Waals surface area (Å²) in [5.41, 5.74) is 0.439. The molecule has 1 aliphatic rings. The van der Waals surface area contributed by atoms with Crippen LogP contribution in [0.25, 0.3) is 0 Å². The van der Waals surface area contributed by atoms with Crippen molar-refractivity contribution >= 4 is 22.0 Å². The van der Waals surface area contributed by atoms with Crippen LogP contribution in [0.15, 0.2) is 22.7 Å². The predicted molar refractivity (Wildman–Crippen MR) is 66.8 cm³/mol. The van der Waals surface area contributed by atoms with E-state index in [0.29, 0.717) is 12.2 Å². The van der Waals surface area contributed by atoms with Crippen LogP contribution in [-0.4, -0.2) is 17.8 Å². The van der Waals surface area contributed by atoms with Crippen LogP contribution in [0.5, 0.6) is 5.75 Å². The van der Waals surface area contributed by atoms with E-state index >= 15 is 0 Å². The maximum absolute atomic E-state index is 11.3. The first-order valence-corrected chi connectivity index (χ1v) is 6.11. The van der Waals surface area contributed by atoms with E-state index in [1.807, 2.05) is 19.9 Å². The quantitative estimate of drug-likeness (QED) is 0.838. The number of aromatic hydroxyl groups is 1. The van der Waals surface area contributed by atoms with Crippen molar-refractivity contribution in [2.45, 2.75) is 19.9 Å². The van der Waals surface area contributed by atoms with Crippen molar-refractivity contribution in [1.82, 2.24) is 5.32 Å². The molecule has 2 N–H and O–H groups in total. The Kier molecular flexibility index (Phi) is 3.03. The summed E-state index contributed by atoms with van der Waals surface area (Å²) in [6.07, 6.45) is -0.448. The lowest BCUT2D eigenvalue weighted by Crippen LogP contribution is -2.46. The molecular weight excluding hydrogens is 286 g/mol. The number of ether oxygens (including phenoxy) is 1. The van der Waals surface area contributed by atoms with Crippen LogP contribution in [0.4, 0.5) is 4.79 Å². The summed E-state index contributed by atoms with van der Waals surface area (Å²) in [5, 5.41) is 12.7. The van der Waals surface area contributed by atoms with E-state index in [-0.39, 0.29) is 17.2 Å². The zero-order valence-corrected chi connectivity index (χ0v) is 11.2. The first kappa shape index (κ1) is 12.2. The molecule has 4 nitrogen and oxygen atoms in total. The minimum atomic E-state index is -0.448. The fraction of sp³-hybridized carbons (Fsp3) is 0.417.